The first kappa shape index (κ1) is 13.9. The number of methoxy groups -OCH3 is 1. The molecule has 0 spiro atoms. The Morgan fingerprint density at radius 3 is 2.29 bits per heavy atom. The molecular weight excluding hydrogens is 176 g/mol. The second-order valence-corrected chi connectivity index (χ2v) is 3.89. The highest BCUT2D eigenvalue weighted by Crippen LogP contribution is 1.99. The monoisotopic (exact) mass is 202 g/mol. The van der Waals surface area contributed by atoms with Crippen molar-refractivity contribution < 1.29 is 4.74 Å². The number of likely N-dealkylation sites (N-methyl/N-ethyl adjacent to an activating group) is 2. The van der Waals surface area contributed by atoms with Crippen LogP contribution < -0.4 is 5.32 Å². The van der Waals surface area contributed by atoms with Crippen molar-refractivity contribution >= 4 is 0 Å². The summed E-state index contributed by atoms with van der Waals surface area (Å²) in [5.74, 6) is 0. The maximum atomic E-state index is 5.19. The van der Waals surface area contributed by atoms with E-state index in [1.54, 1.807) is 7.11 Å². The minimum absolute atomic E-state index is 0.451. The predicted molar refractivity (Wildman–Crippen MR) is 61.7 cm³/mol. The molecule has 0 bridgehead atoms. The molecule has 0 rings (SSSR count). The van der Waals surface area contributed by atoms with Gasteiger partial charge >= 0.3 is 0 Å². The predicted octanol–water partition coefficient (Wildman–Crippen LogP) is 1.34. The molecule has 1 atom stereocenters. The Kier molecular flexibility index (Phi) is 8.14. The van der Waals surface area contributed by atoms with E-state index in [9.17, 15) is 0 Å². The molecule has 0 aromatic carbocycles. The van der Waals surface area contributed by atoms with E-state index in [4.69, 9.17) is 4.74 Å². The molecule has 0 saturated carbocycles. The second-order valence-electron chi connectivity index (χ2n) is 3.89. The van der Waals surface area contributed by atoms with E-state index in [2.05, 4.69) is 37.9 Å². The Morgan fingerprint density at radius 1 is 1.29 bits per heavy atom. The van der Waals surface area contributed by atoms with Crippen LogP contribution in [-0.4, -0.2) is 50.3 Å². The maximum absolute atomic E-state index is 5.19. The van der Waals surface area contributed by atoms with Crippen LogP contribution in [0.1, 0.15) is 27.7 Å². The molecule has 3 heteroatoms. The van der Waals surface area contributed by atoms with E-state index in [0.29, 0.717) is 12.1 Å². The van der Waals surface area contributed by atoms with Crippen molar-refractivity contribution in [2.75, 3.05) is 33.4 Å². The van der Waals surface area contributed by atoms with E-state index in [-0.39, 0.29) is 0 Å². The standard InChI is InChI=1S/C11H26N2O/c1-6-12-11(9-14-5)8-13(7-2)10(3)4/h10-12H,6-9H2,1-5H3. The highest BCUT2D eigenvalue weighted by molar-refractivity contribution is 4.72. The van der Waals surface area contributed by atoms with Crippen LogP contribution in [0, 0.1) is 0 Å². The topological polar surface area (TPSA) is 24.5 Å². The average Bonchev–Trinajstić information content (AvgIpc) is 2.14. The first-order valence-electron chi connectivity index (χ1n) is 5.62. The Hall–Kier alpha value is -0.120. The van der Waals surface area contributed by atoms with Crippen LogP contribution in [0.2, 0.25) is 0 Å². The molecule has 0 aliphatic carbocycles. The summed E-state index contributed by atoms with van der Waals surface area (Å²) in [5.41, 5.74) is 0. The number of nitrogens with one attached hydrogen (secondary N) is 1. The van der Waals surface area contributed by atoms with Gasteiger partial charge in [0.05, 0.1) is 6.61 Å². The van der Waals surface area contributed by atoms with Crippen LogP contribution in [0.15, 0.2) is 0 Å². The fourth-order valence-electron chi connectivity index (χ4n) is 1.65. The van der Waals surface area contributed by atoms with E-state index in [1.165, 1.54) is 0 Å². The normalized spacial score (nSPS) is 13.9. The molecule has 14 heavy (non-hydrogen) atoms. The summed E-state index contributed by atoms with van der Waals surface area (Å²) in [5, 5.41) is 3.44. The summed E-state index contributed by atoms with van der Waals surface area (Å²) in [6.45, 7) is 12.8. The largest absolute Gasteiger partial charge is 0.383 e. The summed E-state index contributed by atoms with van der Waals surface area (Å²) in [7, 11) is 1.76. The Balaban J connectivity index is 3.96. The first-order chi connectivity index (χ1) is 6.65. The molecule has 86 valence electrons. The van der Waals surface area contributed by atoms with Crippen molar-refractivity contribution in [2.24, 2.45) is 0 Å². The molecule has 0 aliphatic heterocycles. The zero-order chi connectivity index (χ0) is 11.0. The molecule has 0 fully saturated rings. The van der Waals surface area contributed by atoms with Gasteiger partial charge in [-0.1, -0.05) is 13.8 Å². The molecular formula is C11H26N2O. The summed E-state index contributed by atoms with van der Waals surface area (Å²) >= 11 is 0. The lowest BCUT2D eigenvalue weighted by Gasteiger charge is -2.29. The van der Waals surface area contributed by atoms with Crippen LogP contribution in [-0.2, 0) is 4.74 Å². The van der Waals surface area contributed by atoms with Gasteiger partial charge in [-0.25, -0.2) is 0 Å². The van der Waals surface area contributed by atoms with Gasteiger partial charge in [-0.2, -0.15) is 0 Å². The van der Waals surface area contributed by atoms with Crippen LogP contribution in [0.25, 0.3) is 0 Å². The van der Waals surface area contributed by atoms with Gasteiger partial charge in [0.2, 0.25) is 0 Å². The Morgan fingerprint density at radius 2 is 1.93 bits per heavy atom. The van der Waals surface area contributed by atoms with Gasteiger partial charge in [0, 0.05) is 25.7 Å². The lowest BCUT2D eigenvalue weighted by Crippen LogP contribution is -2.46. The van der Waals surface area contributed by atoms with Gasteiger partial charge in [-0.05, 0) is 26.9 Å². The van der Waals surface area contributed by atoms with Crippen molar-refractivity contribution in [2.45, 2.75) is 39.8 Å². The quantitative estimate of drug-likeness (QED) is 0.643. The van der Waals surface area contributed by atoms with E-state index in [1.807, 2.05) is 0 Å². The first-order valence-corrected chi connectivity index (χ1v) is 5.62. The molecule has 0 radical (unpaired) electrons. The number of rotatable bonds is 8. The second kappa shape index (κ2) is 8.21. The molecule has 1 unspecified atom stereocenters. The van der Waals surface area contributed by atoms with E-state index in [0.717, 1.165) is 26.2 Å². The third-order valence-electron chi connectivity index (χ3n) is 2.45. The van der Waals surface area contributed by atoms with Gasteiger partial charge in [0.15, 0.2) is 0 Å². The van der Waals surface area contributed by atoms with E-state index >= 15 is 0 Å². The van der Waals surface area contributed by atoms with Gasteiger partial charge < -0.3 is 10.1 Å². The van der Waals surface area contributed by atoms with Gasteiger partial charge in [-0.15, -0.1) is 0 Å². The average molecular weight is 202 g/mol. The maximum Gasteiger partial charge on any atom is 0.0628 e. The molecule has 1 N–H and O–H groups in total. The number of nitrogens with zero attached hydrogens (tertiary/aromatic N) is 1. The summed E-state index contributed by atoms with van der Waals surface area (Å²) in [4.78, 5) is 2.45. The van der Waals surface area contributed by atoms with Gasteiger partial charge in [0.1, 0.15) is 0 Å². The minimum atomic E-state index is 0.451. The van der Waals surface area contributed by atoms with Crippen molar-refractivity contribution in [1.82, 2.24) is 10.2 Å². The van der Waals surface area contributed by atoms with Crippen LogP contribution in [0.4, 0.5) is 0 Å². The molecule has 0 aliphatic rings. The molecule has 0 amide bonds. The van der Waals surface area contributed by atoms with Crippen LogP contribution in [0.3, 0.4) is 0 Å². The van der Waals surface area contributed by atoms with Crippen molar-refractivity contribution in [3.8, 4) is 0 Å². The zero-order valence-electron chi connectivity index (χ0n) is 10.3. The third-order valence-corrected chi connectivity index (χ3v) is 2.45. The number of hydrogen-bond donors (Lipinski definition) is 1. The highest BCUT2D eigenvalue weighted by Gasteiger charge is 2.13. The van der Waals surface area contributed by atoms with Crippen LogP contribution in [0.5, 0.6) is 0 Å². The van der Waals surface area contributed by atoms with Crippen LogP contribution >= 0.6 is 0 Å². The Labute approximate surface area is 88.8 Å². The third kappa shape index (κ3) is 5.58. The smallest absolute Gasteiger partial charge is 0.0628 e. The Bertz CT molecular complexity index is 122. The van der Waals surface area contributed by atoms with Gasteiger partial charge in [-0.3, -0.25) is 4.90 Å². The summed E-state index contributed by atoms with van der Waals surface area (Å²) in [6.07, 6.45) is 0. The molecule has 0 aromatic rings. The van der Waals surface area contributed by atoms with Crippen molar-refractivity contribution in [1.29, 1.82) is 0 Å². The number of ether oxygens (including phenoxy) is 1. The summed E-state index contributed by atoms with van der Waals surface area (Å²) < 4.78 is 5.19. The number of hydrogen-bond acceptors (Lipinski definition) is 3. The zero-order valence-corrected chi connectivity index (χ0v) is 10.3. The van der Waals surface area contributed by atoms with Crippen molar-refractivity contribution in [3.05, 3.63) is 0 Å². The summed E-state index contributed by atoms with van der Waals surface area (Å²) in [6, 6.07) is 1.06. The highest BCUT2D eigenvalue weighted by atomic mass is 16.5. The fraction of sp³-hybridized carbons (Fsp3) is 1.00. The SMILES string of the molecule is CCNC(COC)CN(CC)C(C)C. The van der Waals surface area contributed by atoms with Gasteiger partial charge in [0.25, 0.3) is 0 Å². The molecule has 0 heterocycles. The minimum Gasteiger partial charge on any atom is -0.383 e. The lowest BCUT2D eigenvalue weighted by atomic mass is 10.2. The molecule has 0 aromatic heterocycles. The lowest BCUT2D eigenvalue weighted by molar-refractivity contribution is 0.129. The fourth-order valence-corrected chi connectivity index (χ4v) is 1.65. The molecule has 0 saturated heterocycles. The van der Waals surface area contributed by atoms with E-state index < -0.39 is 0 Å². The molecule has 3 nitrogen and oxygen atoms in total. The van der Waals surface area contributed by atoms with Crippen molar-refractivity contribution in [3.63, 3.8) is 0 Å².